The summed E-state index contributed by atoms with van der Waals surface area (Å²) >= 11 is 0. The first-order chi connectivity index (χ1) is 10.5. The molecule has 0 heterocycles. The Morgan fingerprint density at radius 1 is 1.18 bits per heavy atom. The van der Waals surface area contributed by atoms with Gasteiger partial charge >= 0.3 is 5.97 Å². The molecule has 0 saturated heterocycles. The highest BCUT2D eigenvalue weighted by atomic mass is 16.4. The second-order valence-corrected chi connectivity index (χ2v) is 6.04. The molecule has 124 valence electrons. The van der Waals surface area contributed by atoms with E-state index in [9.17, 15) is 14.7 Å². The summed E-state index contributed by atoms with van der Waals surface area (Å²) in [6, 6.07) is 0. The molecule has 1 saturated carbocycles. The Hall–Kier alpha value is -1.42. The van der Waals surface area contributed by atoms with Gasteiger partial charge in [0, 0.05) is 12.8 Å². The van der Waals surface area contributed by atoms with Crippen molar-refractivity contribution >= 4 is 11.8 Å². The van der Waals surface area contributed by atoms with Gasteiger partial charge in [-0.25, -0.2) is 0 Å². The van der Waals surface area contributed by atoms with E-state index in [2.05, 4.69) is 0 Å². The number of aliphatic carboxylic acids is 1. The number of aliphatic hydroxyl groups excluding tert-OH is 1. The molecule has 3 atom stereocenters. The molecule has 0 aromatic carbocycles. The molecular weight excluding hydrogens is 280 g/mol. The van der Waals surface area contributed by atoms with Crippen molar-refractivity contribution in [1.82, 2.24) is 0 Å². The number of unbranched alkanes of at least 4 members (excludes halogenated alkanes) is 1. The van der Waals surface area contributed by atoms with Gasteiger partial charge in [0.05, 0.1) is 6.10 Å². The predicted octanol–water partition coefficient (Wildman–Crippen LogP) is 3.50. The van der Waals surface area contributed by atoms with Crippen LogP contribution in [-0.2, 0) is 9.59 Å². The van der Waals surface area contributed by atoms with Crippen LogP contribution in [0.15, 0.2) is 24.3 Å². The molecule has 0 spiro atoms. The average Bonchev–Trinajstić information content (AvgIpc) is 2.81. The Balaban J connectivity index is 2.39. The van der Waals surface area contributed by atoms with Crippen LogP contribution in [0.4, 0.5) is 0 Å². The van der Waals surface area contributed by atoms with Gasteiger partial charge in [0.2, 0.25) is 0 Å². The lowest BCUT2D eigenvalue weighted by Crippen LogP contribution is -2.17. The van der Waals surface area contributed by atoms with Crippen molar-refractivity contribution in [2.75, 3.05) is 0 Å². The molecule has 0 aromatic heterocycles. The third-order valence-electron chi connectivity index (χ3n) is 4.20. The minimum atomic E-state index is -0.762. The fourth-order valence-corrected chi connectivity index (χ4v) is 2.95. The van der Waals surface area contributed by atoms with Crippen molar-refractivity contribution in [2.24, 2.45) is 11.8 Å². The molecule has 4 nitrogen and oxygen atoms in total. The van der Waals surface area contributed by atoms with Crippen LogP contribution in [0.5, 0.6) is 0 Å². The van der Waals surface area contributed by atoms with Gasteiger partial charge in [-0.05, 0) is 56.4 Å². The molecule has 3 unspecified atom stereocenters. The van der Waals surface area contributed by atoms with E-state index in [1.807, 2.05) is 25.2 Å². The van der Waals surface area contributed by atoms with Crippen LogP contribution in [-0.4, -0.2) is 28.1 Å². The number of ketones is 1. The van der Waals surface area contributed by atoms with Gasteiger partial charge < -0.3 is 10.2 Å². The van der Waals surface area contributed by atoms with E-state index < -0.39 is 5.97 Å². The zero-order chi connectivity index (χ0) is 16.4. The Kier molecular flexibility index (Phi) is 8.75. The lowest BCUT2D eigenvalue weighted by Gasteiger charge is -2.17. The average molecular weight is 308 g/mol. The number of carbonyl (C=O) groups is 2. The van der Waals surface area contributed by atoms with Crippen molar-refractivity contribution < 1.29 is 19.8 Å². The molecule has 4 heteroatoms. The molecule has 0 aliphatic heterocycles. The molecule has 1 aliphatic rings. The molecular formula is C18H28O4. The number of allylic oxidation sites excluding steroid dienone is 4. The monoisotopic (exact) mass is 308 g/mol. The van der Waals surface area contributed by atoms with E-state index in [1.54, 1.807) is 6.08 Å². The molecule has 1 aliphatic carbocycles. The fourth-order valence-electron chi connectivity index (χ4n) is 2.95. The number of carboxylic acid groups (broad SMARTS) is 1. The van der Waals surface area contributed by atoms with Gasteiger partial charge in [0.25, 0.3) is 0 Å². The highest BCUT2D eigenvalue weighted by molar-refractivity contribution is 5.89. The molecule has 22 heavy (non-hydrogen) atoms. The van der Waals surface area contributed by atoms with Crippen LogP contribution in [0.25, 0.3) is 0 Å². The van der Waals surface area contributed by atoms with Crippen molar-refractivity contribution in [3.8, 4) is 0 Å². The van der Waals surface area contributed by atoms with Crippen molar-refractivity contribution in [2.45, 2.75) is 64.4 Å². The predicted molar refractivity (Wildman–Crippen MR) is 86.5 cm³/mol. The van der Waals surface area contributed by atoms with Gasteiger partial charge in [0.15, 0.2) is 5.78 Å². The minimum Gasteiger partial charge on any atom is -0.481 e. The molecule has 0 bridgehead atoms. The van der Waals surface area contributed by atoms with Crippen LogP contribution in [0.1, 0.15) is 58.3 Å². The topological polar surface area (TPSA) is 74.6 Å². The Morgan fingerprint density at radius 3 is 2.64 bits per heavy atom. The summed E-state index contributed by atoms with van der Waals surface area (Å²) in [4.78, 5) is 22.0. The van der Waals surface area contributed by atoms with Crippen molar-refractivity contribution in [3.63, 3.8) is 0 Å². The lowest BCUT2D eigenvalue weighted by molar-refractivity contribution is -0.137. The minimum absolute atomic E-state index is 0.159. The number of carboxylic acids is 1. The number of aliphatic hydroxyl groups is 1. The number of hydrogen-bond acceptors (Lipinski definition) is 3. The first-order valence-electron chi connectivity index (χ1n) is 8.30. The number of carbonyl (C=O) groups excluding carboxylic acids is 1. The summed E-state index contributed by atoms with van der Waals surface area (Å²) in [7, 11) is 0. The van der Waals surface area contributed by atoms with E-state index in [0.717, 1.165) is 32.1 Å². The third-order valence-corrected chi connectivity index (χ3v) is 4.20. The van der Waals surface area contributed by atoms with Crippen LogP contribution in [0.2, 0.25) is 0 Å². The maximum absolute atomic E-state index is 11.6. The second kappa shape index (κ2) is 10.3. The zero-order valence-corrected chi connectivity index (χ0v) is 13.4. The standard InChI is InChI=1S/C18H28O4/c1-2-7-15(19)12-10-14-11-13-17(20)16(14)8-5-3-4-6-9-18(21)22/h3,5,10,12,14,16-17,20H,2,4,6-9,11,13H2,1H3,(H,21,22)/b5-3+,12-10+. The van der Waals surface area contributed by atoms with Gasteiger partial charge in [-0.2, -0.15) is 0 Å². The smallest absolute Gasteiger partial charge is 0.303 e. The highest BCUT2D eigenvalue weighted by Crippen LogP contribution is 2.35. The van der Waals surface area contributed by atoms with Gasteiger partial charge in [-0.15, -0.1) is 0 Å². The van der Waals surface area contributed by atoms with E-state index >= 15 is 0 Å². The van der Waals surface area contributed by atoms with E-state index in [-0.39, 0.29) is 30.1 Å². The maximum Gasteiger partial charge on any atom is 0.303 e. The van der Waals surface area contributed by atoms with E-state index in [1.165, 1.54) is 0 Å². The second-order valence-electron chi connectivity index (χ2n) is 6.04. The summed E-state index contributed by atoms with van der Waals surface area (Å²) in [5.41, 5.74) is 0. The van der Waals surface area contributed by atoms with Gasteiger partial charge in [-0.1, -0.05) is 25.2 Å². The molecule has 0 aromatic rings. The first-order valence-corrected chi connectivity index (χ1v) is 8.30. The Bertz CT molecular complexity index is 411. The Labute approximate surface area is 132 Å². The summed E-state index contributed by atoms with van der Waals surface area (Å²) in [5, 5.41) is 18.6. The van der Waals surface area contributed by atoms with Crippen molar-refractivity contribution in [1.29, 1.82) is 0 Å². The molecule has 0 radical (unpaired) electrons. The molecule has 2 N–H and O–H groups in total. The van der Waals surface area contributed by atoms with Crippen LogP contribution < -0.4 is 0 Å². The SMILES string of the molecule is CCCC(=O)/C=C/C1CCC(O)C1C/C=C/CCCC(=O)O. The van der Waals surface area contributed by atoms with Crippen LogP contribution in [0.3, 0.4) is 0 Å². The van der Waals surface area contributed by atoms with Crippen LogP contribution >= 0.6 is 0 Å². The van der Waals surface area contributed by atoms with Crippen LogP contribution in [0, 0.1) is 11.8 Å². The highest BCUT2D eigenvalue weighted by Gasteiger charge is 2.32. The van der Waals surface area contributed by atoms with Gasteiger partial charge in [0.1, 0.15) is 0 Å². The van der Waals surface area contributed by atoms with E-state index in [4.69, 9.17) is 5.11 Å². The summed E-state index contributed by atoms with van der Waals surface area (Å²) in [5.74, 6) is -0.172. The largest absolute Gasteiger partial charge is 0.481 e. The normalized spacial score (nSPS) is 25.3. The summed E-state index contributed by atoms with van der Waals surface area (Å²) in [6.07, 6.45) is 12.9. The molecule has 0 amide bonds. The number of rotatable bonds is 10. The quantitative estimate of drug-likeness (QED) is 0.368. The number of hydrogen-bond donors (Lipinski definition) is 2. The Morgan fingerprint density at radius 2 is 1.95 bits per heavy atom. The molecule has 1 rings (SSSR count). The van der Waals surface area contributed by atoms with Crippen molar-refractivity contribution in [3.05, 3.63) is 24.3 Å². The fraction of sp³-hybridized carbons (Fsp3) is 0.667. The summed E-state index contributed by atoms with van der Waals surface area (Å²) in [6.45, 7) is 1.99. The zero-order valence-electron chi connectivity index (χ0n) is 13.4. The lowest BCUT2D eigenvalue weighted by atomic mass is 9.90. The molecule has 1 fully saturated rings. The van der Waals surface area contributed by atoms with Gasteiger partial charge in [-0.3, -0.25) is 9.59 Å². The maximum atomic E-state index is 11.6. The van der Waals surface area contributed by atoms with E-state index in [0.29, 0.717) is 12.8 Å². The first kappa shape index (κ1) is 18.6. The third kappa shape index (κ3) is 7.03. The summed E-state index contributed by atoms with van der Waals surface area (Å²) < 4.78 is 0.